The first-order valence-electron chi connectivity index (χ1n) is 5.40. The van der Waals surface area contributed by atoms with E-state index in [4.69, 9.17) is 0 Å². The second-order valence-corrected chi connectivity index (χ2v) is 5.05. The Kier molecular flexibility index (Phi) is 3.15. The number of rotatable bonds is 2. The predicted octanol–water partition coefficient (Wildman–Crippen LogP) is 4.20. The van der Waals surface area contributed by atoms with Crippen LogP contribution in [0.4, 0.5) is 0 Å². The number of aryl methyl sites for hydroxylation is 1. The van der Waals surface area contributed by atoms with E-state index in [2.05, 4.69) is 64.7 Å². The van der Waals surface area contributed by atoms with Crippen LogP contribution in [-0.4, -0.2) is 9.78 Å². The Hall–Kier alpha value is -1.09. The van der Waals surface area contributed by atoms with Crippen molar-refractivity contribution in [3.05, 3.63) is 40.5 Å². The highest BCUT2D eigenvalue weighted by atomic mass is 79.9. The minimum atomic E-state index is 0.371. The van der Waals surface area contributed by atoms with Crippen LogP contribution in [0.3, 0.4) is 0 Å². The average molecular weight is 279 g/mol. The molecule has 0 radical (unpaired) electrons. The molecule has 0 spiro atoms. The average Bonchev–Trinajstić information content (AvgIpc) is 2.61. The summed E-state index contributed by atoms with van der Waals surface area (Å²) in [6.07, 6.45) is 1.93. The molecule has 0 fully saturated rings. The number of aromatic nitrogens is 2. The number of nitrogens with zero attached hydrogens (tertiary/aromatic N) is 2. The summed E-state index contributed by atoms with van der Waals surface area (Å²) in [4.78, 5) is 0. The van der Waals surface area contributed by atoms with Gasteiger partial charge < -0.3 is 0 Å². The third kappa shape index (κ3) is 1.92. The molecule has 0 aliphatic heterocycles. The SMILES string of the molecule is Cc1cnn(C(C)C)c1-c1ccccc1Br. The molecule has 0 saturated carbocycles. The quantitative estimate of drug-likeness (QED) is 0.805. The van der Waals surface area contributed by atoms with Gasteiger partial charge in [-0.2, -0.15) is 5.10 Å². The van der Waals surface area contributed by atoms with Crippen LogP contribution >= 0.6 is 15.9 Å². The highest BCUT2D eigenvalue weighted by Crippen LogP contribution is 2.31. The van der Waals surface area contributed by atoms with Gasteiger partial charge in [-0.1, -0.05) is 34.1 Å². The van der Waals surface area contributed by atoms with Crippen molar-refractivity contribution in [1.29, 1.82) is 0 Å². The minimum Gasteiger partial charge on any atom is -0.262 e. The summed E-state index contributed by atoms with van der Waals surface area (Å²) in [6, 6.07) is 8.63. The Bertz CT molecular complexity index is 500. The molecular formula is C13H15BrN2. The maximum absolute atomic E-state index is 4.43. The maximum atomic E-state index is 4.43. The molecule has 1 aromatic heterocycles. The van der Waals surface area contributed by atoms with E-state index in [-0.39, 0.29) is 0 Å². The van der Waals surface area contributed by atoms with Crippen molar-refractivity contribution >= 4 is 15.9 Å². The number of hydrogen-bond acceptors (Lipinski definition) is 1. The van der Waals surface area contributed by atoms with Gasteiger partial charge in [-0.15, -0.1) is 0 Å². The second-order valence-electron chi connectivity index (χ2n) is 4.19. The molecule has 3 heteroatoms. The molecule has 0 atom stereocenters. The Balaban J connectivity index is 2.64. The van der Waals surface area contributed by atoms with Crippen LogP contribution in [0.1, 0.15) is 25.5 Å². The lowest BCUT2D eigenvalue weighted by Crippen LogP contribution is -2.05. The zero-order valence-corrected chi connectivity index (χ0v) is 11.3. The summed E-state index contributed by atoms with van der Waals surface area (Å²) >= 11 is 3.59. The fraction of sp³-hybridized carbons (Fsp3) is 0.308. The van der Waals surface area contributed by atoms with Crippen LogP contribution in [-0.2, 0) is 0 Å². The van der Waals surface area contributed by atoms with Gasteiger partial charge in [-0.05, 0) is 32.4 Å². The maximum Gasteiger partial charge on any atom is 0.0725 e. The van der Waals surface area contributed by atoms with Gasteiger partial charge in [0.05, 0.1) is 11.9 Å². The van der Waals surface area contributed by atoms with E-state index in [1.54, 1.807) is 0 Å². The van der Waals surface area contributed by atoms with Crippen molar-refractivity contribution in [2.75, 3.05) is 0 Å². The smallest absolute Gasteiger partial charge is 0.0725 e. The number of halogens is 1. The lowest BCUT2D eigenvalue weighted by atomic mass is 10.1. The molecular weight excluding hydrogens is 264 g/mol. The van der Waals surface area contributed by atoms with Crippen LogP contribution < -0.4 is 0 Å². The van der Waals surface area contributed by atoms with Crippen LogP contribution in [0.2, 0.25) is 0 Å². The first-order valence-corrected chi connectivity index (χ1v) is 6.19. The summed E-state index contributed by atoms with van der Waals surface area (Å²) in [5.74, 6) is 0. The minimum absolute atomic E-state index is 0.371. The molecule has 0 aliphatic rings. The van der Waals surface area contributed by atoms with E-state index in [0.717, 1.165) is 4.47 Å². The molecule has 0 bridgehead atoms. The zero-order valence-electron chi connectivity index (χ0n) is 9.74. The van der Waals surface area contributed by atoms with Crippen molar-refractivity contribution < 1.29 is 0 Å². The molecule has 1 aromatic carbocycles. The normalized spacial score (nSPS) is 11.1. The highest BCUT2D eigenvalue weighted by molar-refractivity contribution is 9.10. The van der Waals surface area contributed by atoms with Crippen molar-refractivity contribution in [3.8, 4) is 11.3 Å². The van der Waals surface area contributed by atoms with Gasteiger partial charge in [0.15, 0.2) is 0 Å². The van der Waals surface area contributed by atoms with Crippen LogP contribution in [0.5, 0.6) is 0 Å². The van der Waals surface area contributed by atoms with Gasteiger partial charge in [0, 0.05) is 16.1 Å². The fourth-order valence-electron chi connectivity index (χ4n) is 1.83. The molecule has 2 aromatic rings. The van der Waals surface area contributed by atoms with Crippen LogP contribution in [0.15, 0.2) is 34.9 Å². The summed E-state index contributed by atoms with van der Waals surface area (Å²) < 4.78 is 3.18. The van der Waals surface area contributed by atoms with Crippen molar-refractivity contribution in [1.82, 2.24) is 9.78 Å². The van der Waals surface area contributed by atoms with Crippen molar-refractivity contribution in [2.24, 2.45) is 0 Å². The van der Waals surface area contributed by atoms with Gasteiger partial charge in [0.2, 0.25) is 0 Å². The highest BCUT2D eigenvalue weighted by Gasteiger charge is 2.13. The van der Waals surface area contributed by atoms with Gasteiger partial charge in [0.25, 0.3) is 0 Å². The van der Waals surface area contributed by atoms with Gasteiger partial charge in [0.1, 0.15) is 0 Å². The molecule has 0 N–H and O–H groups in total. The Labute approximate surface area is 104 Å². The number of hydrogen-bond donors (Lipinski definition) is 0. The molecule has 16 heavy (non-hydrogen) atoms. The van der Waals surface area contributed by atoms with E-state index in [1.165, 1.54) is 16.8 Å². The third-order valence-electron chi connectivity index (χ3n) is 2.60. The molecule has 2 rings (SSSR count). The summed E-state index contributed by atoms with van der Waals surface area (Å²) in [5, 5.41) is 4.43. The third-order valence-corrected chi connectivity index (χ3v) is 3.29. The van der Waals surface area contributed by atoms with Crippen LogP contribution in [0.25, 0.3) is 11.3 Å². The van der Waals surface area contributed by atoms with Gasteiger partial charge >= 0.3 is 0 Å². The summed E-state index contributed by atoms with van der Waals surface area (Å²) in [7, 11) is 0. The van der Waals surface area contributed by atoms with Crippen molar-refractivity contribution in [3.63, 3.8) is 0 Å². The second kappa shape index (κ2) is 4.42. The molecule has 84 valence electrons. The summed E-state index contributed by atoms with van der Waals surface area (Å²) in [6.45, 7) is 6.39. The largest absolute Gasteiger partial charge is 0.262 e. The molecule has 0 amide bonds. The monoisotopic (exact) mass is 278 g/mol. The standard InChI is InChI=1S/C13H15BrN2/c1-9(2)16-13(10(3)8-15-16)11-6-4-5-7-12(11)14/h4-9H,1-3H3. The van der Waals surface area contributed by atoms with E-state index in [1.807, 2.05) is 12.3 Å². The zero-order chi connectivity index (χ0) is 11.7. The van der Waals surface area contributed by atoms with E-state index >= 15 is 0 Å². The number of benzene rings is 1. The molecule has 0 aliphatic carbocycles. The predicted molar refractivity (Wildman–Crippen MR) is 70.5 cm³/mol. The molecule has 0 unspecified atom stereocenters. The van der Waals surface area contributed by atoms with E-state index < -0.39 is 0 Å². The topological polar surface area (TPSA) is 17.8 Å². The lowest BCUT2D eigenvalue weighted by Gasteiger charge is -2.13. The van der Waals surface area contributed by atoms with Gasteiger partial charge in [-0.3, -0.25) is 4.68 Å². The van der Waals surface area contributed by atoms with E-state index in [9.17, 15) is 0 Å². The lowest BCUT2D eigenvalue weighted by molar-refractivity contribution is 0.538. The summed E-state index contributed by atoms with van der Waals surface area (Å²) in [5.41, 5.74) is 3.61. The van der Waals surface area contributed by atoms with Crippen molar-refractivity contribution in [2.45, 2.75) is 26.8 Å². The van der Waals surface area contributed by atoms with Crippen LogP contribution in [0, 0.1) is 6.92 Å². The Morgan fingerprint density at radius 3 is 2.56 bits per heavy atom. The molecule has 1 heterocycles. The van der Waals surface area contributed by atoms with Gasteiger partial charge in [-0.25, -0.2) is 0 Å². The van der Waals surface area contributed by atoms with E-state index in [0.29, 0.717) is 6.04 Å². The first-order chi connectivity index (χ1) is 7.61. The molecule has 2 nitrogen and oxygen atoms in total. The first kappa shape index (κ1) is 11.4. The Morgan fingerprint density at radius 2 is 1.94 bits per heavy atom. The Morgan fingerprint density at radius 1 is 1.25 bits per heavy atom. The molecule has 0 saturated heterocycles. The fourth-order valence-corrected chi connectivity index (χ4v) is 2.30.